The molecular weight excluding hydrogens is 513 g/mol. The molecule has 0 aliphatic rings. The van der Waals surface area contributed by atoms with Crippen molar-refractivity contribution in [2.45, 2.75) is 39.8 Å². The number of rotatable bonds is 8. The molecule has 30 heavy (non-hydrogen) atoms. The molecule has 0 radical (unpaired) electrons. The van der Waals surface area contributed by atoms with Crippen LogP contribution >= 0.6 is 35.3 Å². The number of guanidine groups is 1. The van der Waals surface area contributed by atoms with Crippen molar-refractivity contribution in [3.05, 3.63) is 46.2 Å². The second-order valence-electron chi connectivity index (χ2n) is 6.70. The highest BCUT2D eigenvalue weighted by Crippen LogP contribution is 2.19. The Morgan fingerprint density at radius 3 is 2.60 bits per heavy atom. The molecule has 8 nitrogen and oxygen atoms in total. The molecule has 0 unspecified atom stereocenters. The maximum atomic E-state index is 5.18. The number of ether oxygens (including phenoxy) is 1. The van der Waals surface area contributed by atoms with Gasteiger partial charge in [0.25, 0.3) is 0 Å². The molecule has 0 fully saturated rings. The molecule has 2 aromatic heterocycles. The van der Waals surface area contributed by atoms with Crippen molar-refractivity contribution >= 4 is 41.3 Å². The fourth-order valence-electron chi connectivity index (χ4n) is 2.56. The SMILES string of the molecule is CCNC(=NCc1nc(-c2ccc(OC)cc2)n[nH]1)NCc1nc(C(C)C)cs1.I. The van der Waals surface area contributed by atoms with E-state index in [4.69, 9.17) is 4.74 Å². The summed E-state index contributed by atoms with van der Waals surface area (Å²) in [6.07, 6.45) is 0. The zero-order chi connectivity index (χ0) is 20.6. The molecule has 162 valence electrons. The Hall–Kier alpha value is -2.21. The number of hydrogen-bond donors (Lipinski definition) is 3. The summed E-state index contributed by atoms with van der Waals surface area (Å²) in [6.45, 7) is 8.14. The van der Waals surface area contributed by atoms with Crippen LogP contribution in [0.15, 0.2) is 34.6 Å². The number of aliphatic imine (C=N–C) groups is 1. The van der Waals surface area contributed by atoms with Crippen LogP contribution < -0.4 is 15.4 Å². The molecule has 0 amide bonds. The topological polar surface area (TPSA) is 100 Å². The Morgan fingerprint density at radius 2 is 1.97 bits per heavy atom. The van der Waals surface area contributed by atoms with Gasteiger partial charge in [0, 0.05) is 17.5 Å². The number of nitrogens with one attached hydrogen (secondary N) is 3. The molecule has 10 heteroatoms. The van der Waals surface area contributed by atoms with Crippen molar-refractivity contribution in [2.24, 2.45) is 4.99 Å². The quantitative estimate of drug-likeness (QED) is 0.227. The number of benzene rings is 1. The molecule has 0 aliphatic heterocycles. The molecule has 0 saturated carbocycles. The van der Waals surface area contributed by atoms with Gasteiger partial charge >= 0.3 is 0 Å². The van der Waals surface area contributed by atoms with Gasteiger partial charge in [-0.25, -0.2) is 15.0 Å². The second kappa shape index (κ2) is 11.8. The average Bonchev–Trinajstić information content (AvgIpc) is 3.40. The van der Waals surface area contributed by atoms with E-state index in [-0.39, 0.29) is 24.0 Å². The van der Waals surface area contributed by atoms with Gasteiger partial charge in [-0.15, -0.1) is 35.3 Å². The van der Waals surface area contributed by atoms with E-state index in [9.17, 15) is 0 Å². The van der Waals surface area contributed by atoms with Crippen LogP contribution in [0.2, 0.25) is 0 Å². The highest BCUT2D eigenvalue weighted by Gasteiger charge is 2.08. The number of methoxy groups -OCH3 is 1. The third-order valence-corrected chi connectivity index (χ3v) is 5.05. The maximum Gasteiger partial charge on any atom is 0.192 e. The molecule has 0 spiro atoms. The van der Waals surface area contributed by atoms with Crippen LogP contribution in [0.3, 0.4) is 0 Å². The van der Waals surface area contributed by atoms with Crippen molar-refractivity contribution < 1.29 is 4.74 Å². The number of thiazole rings is 1. The molecule has 0 atom stereocenters. The Kier molecular flexibility index (Phi) is 9.50. The van der Waals surface area contributed by atoms with E-state index in [1.807, 2.05) is 31.2 Å². The van der Waals surface area contributed by atoms with E-state index in [1.165, 1.54) is 0 Å². The number of aromatic amines is 1. The van der Waals surface area contributed by atoms with Gasteiger partial charge in [-0.3, -0.25) is 5.10 Å². The van der Waals surface area contributed by atoms with E-state index in [0.29, 0.717) is 30.7 Å². The maximum absolute atomic E-state index is 5.18. The lowest BCUT2D eigenvalue weighted by Crippen LogP contribution is -2.36. The second-order valence-corrected chi connectivity index (χ2v) is 7.65. The monoisotopic (exact) mass is 541 g/mol. The Bertz CT molecular complexity index is 937. The van der Waals surface area contributed by atoms with E-state index < -0.39 is 0 Å². The van der Waals surface area contributed by atoms with Gasteiger partial charge in [0.2, 0.25) is 0 Å². The smallest absolute Gasteiger partial charge is 0.192 e. The van der Waals surface area contributed by atoms with Gasteiger partial charge < -0.3 is 15.4 Å². The summed E-state index contributed by atoms with van der Waals surface area (Å²) in [6, 6.07) is 7.64. The molecule has 2 heterocycles. The predicted molar refractivity (Wildman–Crippen MR) is 132 cm³/mol. The summed E-state index contributed by atoms with van der Waals surface area (Å²) in [4.78, 5) is 13.8. The van der Waals surface area contributed by atoms with E-state index in [2.05, 4.69) is 55.0 Å². The van der Waals surface area contributed by atoms with Crippen LogP contribution in [0, 0.1) is 0 Å². The zero-order valence-electron chi connectivity index (χ0n) is 17.6. The van der Waals surface area contributed by atoms with E-state index in [0.717, 1.165) is 34.5 Å². The summed E-state index contributed by atoms with van der Waals surface area (Å²) < 4.78 is 5.18. The standard InChI is InChI=1S/C20H27N7OS.HI/c1-5-21-20(23-11-18-24-16(12-29-18)13(2)3)22-10-17-25-19(27-26-17)14-6-8-15(28-4)9-7-14;/h6-9,12-13H,5,10-11H2,1-4H3,(H2,21,22,23)(H,25,26,27);1H. The summed E-state index contributed by atoms with van der Waals surface area (Å²) in [7, 11) is 1.64. The number of hydrogen-bond acceptors (Lipinski definition) is 6. The van der Waals surface area contributed by atoms with Gasteiger partial charge in [0.1, 0.15) is 23.1 Å². The van der Waals surface area contributed by atoms with Crippen LogP contribution in [0.4, 0.5) is 0 Å². The normalized spacial score (nSPS) is 11.3. The average molecular weight is 541 g/mol. The van der Waals surface area contributed by atoms with Crippen LogP contribution in [0.1, 0.15) is 43.2 Å². The zero-order valence-corrected chi connectivity index (χ0v) is 20.7. The van der Waals surface area contributed by atoms with Crippen molar-refractivity contribution in [3.63, 3.8) is 0 Å². The van der Waals surface area contributed by atoms with Crippen LogP contribution in [-0.4, -0.2) is 39.8 Å². The first-order valence-electron chi connectivity index (χ1n) is 9.61. The summed E-state index contributed by atoms with van der Waals surface area (Å²) in [5.74, 6) is 3.30. The molecule has 0 aliphatic carbocycles. The summed E-state index contributed by atoms with van der Waals surface area (Å²) in [5.41, 5.74) is 2.05. The number of H-pyrrole nitrogens is 1. The van der Waals surface area contributed by atoms with E-state index >= 15 is 0 Å². The van der Waals surface area contributed by atoms with Gasteiger partial charge in [0.15, 0.2) is 11.8 Å². The highest BCUT2D eigenvalue weighted by atomic mass is 127. The molecule has 3 rings (SSSR count). The van der Waals surface area contributed by atoms with Gasteiger partial charge in [-0.05, 0) is 37.1 Å². The van der Waals surface area contributed by atoms with Crippen LogP contribution in [0.25, 0.3) is 11.4 Å². The van der Waals surface area contributed by atoms with Crippen molar-refractivity contribution in [2.75, 3.05) is 13.7 Å². The van der Waals surface area contributed by atoms with Gasteiger partial charge in [-0.1, -0.05) is 13.8 Å². The minimum absolute atomic E-state index is 0. The number of halogens is 1. The molecule has 3 aromatic rings. The van der Waals surface area contributed by atoms with Gasteiger partial charge in [-0.2, -0.15) is 5.10 Å². The van der Waals surface area contributed by atoms with Crippen molar-refractivity contribution in [3.8, 4) is 17.1 Å². The van der Waals surface area contributed by atoms with Gasteiger partial charge in [0.05, 0.1) is 19.3 Å². The van der Waals surface area contributed by atoms with Crippen LogP contribution in [-0.2, 0) is 13.1 Å². The minimum Gasteiger partial charge on any atom is -0.497 e. The molecule has 3 N–H and O–H groups in total. The first kappa shape index (κ1) is 24.1. The predicted octanol–water partition coefficient (Wildman–Crippen LogP) is 3.93. The molecule has 0 bridgehead atoms. The Morgan fingerprint density at radius 1 is 1.20 bits per heavy atom. The lowest BCUT2D eigenvalue weighted by molar-refractivity contribution is 0.415. The third-order valence-electron chi connectivity index (χ3n) is 4.18. The first-order chi connectivity index (χ1) is 14.1. The summed E-state index contributed by atoms with van der Waals surface area (Å²) >= 11 is 1.66. The van der Waals surface area contributed by atoms with Crippen molar-refractivity contribution in [1.82, 2.24) is 30.8 Å². The largest absolute Gasteiger partial charge is 0.497 e. The number of aromatic nitrogens is 4. The molecule has 0 saturated heterocycles. The highest BCUT2D eigenvalue weighted by molar-refractivity contribution is 14.0. The fraction of sp³-hybridized carbons (Fsp3) is 0.400. The Labute approximate surface area is 198 Å². The lowest BCUT2D eigenvalue weighted by Gasteiger charge is -2.09. The Balaban J connectivity index is 0.00000320. The van der Waals surface area contributed by atoms with Crippen molar-refractivity contribution in [1.29, 1.82) is 0 Å². The molecule has 1 aromatic carbocycles. The third kappa shape index (κ3) is 6.66. The molecular formula is C20H28IN7OS. The minimum atomic E-state index is 0. The summed E-state index contributed by atoms with van der Waals surface area (Å²) in [5, 5.41) is 17.0. The lowest BCUT2D eigenvalue weighted by atomic mass is 10.2. The number of nitrogens with zero attached hydrogens (tertiary/aromatic N) is 4. The first-order valence-corrected chi connectivity index (χ1v) is 10.5. The van der Waals surface area contributed by atoms with Crippen LogP contribution in [0.5, 0.6) is 5.75 Å². The van der Waals surface area contributed by atoms with E-state index in [1.54, 1.807) is 18.4 Å². The fourth-order valence-corrected chi connectivity index (χ4v) is 3.46.